The summed E-state index contributed by atoms with van der Waals surface area (Å²) in [6, 6.07) is 0.265. The summed E-state index contributed by atoms with van der Waals surface area (Å²) < 4.78 is 0. The summed E-state index contributed by atoms with van der Waals surface area (Å²) in [6.45, 7) is 2.92. The fraction of sp³-hybridized carbons (Fsp3) is 0.667. The minimum absolute atomic E-state index is 0.121. The number of aromatic nitrogens is 2. The third-order valence-electron chi connectivity index (χ3n) is 3.77. The number of H-pyrrole nitrogens is 1. The van der Waals surface area contributed by atoms with E-state index in [0.717, 1.165) is 30.1 Å². The molecule has 1 atom stereocenters. The quantitative estimate of drug-likeness (QED) is 0.691. The van der Waals surface area contributed by atoms with E-state index in [4.69, 9.17) is 0 Å². The summed E-state index contributed by atoms with van der Waals surface area (Å²) in [6.07, 6.45) is 4.62. The highest BCUT2D eigenvalue weighted by Gasteiger charge is 2.31. The summed E-state index contributed by atoms with van der Waals surface area (Å²) >= 11 is 0. The van der Waals surface area contributed by atoms with Crippen LogP contribution in [0, 0.1) is 5.92 Å². The van der Waals surface area contributed by atoms with Crippen molar-refractivity contribution in [1.29, 1.82) is 0 Å². The molecule has 5 heteroatoms. The third kappa shape index (κ3) is 2.07. The Kier molecular flexibility index (Phi) is 2.63. The summed E-state index contributed by atoms with van der Waals surface area (Å²) in [4.78, 5) is 19.3. The highest BCUT2D eigenvalue weighted by molar-refractivity contribution is 5.82. The van der Waals surface area contributed by atoms with Crippen LogP contribution in [0.15, 0.2) is 6.33 Å². The third-order valence-corrected chi connectivity index (χ3v) is 3.77. The van der Waals surface area contributed by atoms with Crippen molar-refractivity contribution in [3.05, 3.63) is 17.7 Å². The lowest BCUT2D eigenvalue weighted by molar-refractivity contribution is -0.124. The van der Waals surface area contributed by atoms with Crippen LogP contribution in [-0.4, -0.2) is 28.0 Å². The van der Waals surface area contributed by atoms with Crippen LogP contribution < -0.4 is 10.6 Å². The molecule has 1 aliphatic heterocycles. The van der Waals surface area contributed by atoms with E-state index in [1.165, 1.54) is 0 Å². The first kappa shape index (κ1) is 10.8. The van der Waals surface area contributed by atoms with Crippen LogP contribution >= 0.6 is 0 Å². The Labute approximate surface area is 100 Å². The van der Waals surface area contributed by atoms with Crippen LogP contribution in [0.1, 0.15) is 31.2 Å². The van der Waals surface area contributed by atoms with Gasteiger partial charge in [-0.15, -0.1) is 0 Å². The van der Waals surface area contributed by atoms with Gasteiger partial charge in [0.25, 0.3) is 0 Å². The molecule has 0 aromatic carbocycles. The number of hydrogen-bond donors (Lipinski definition) is 3. The zero-order valence-electron chi connectivity index (χ0n) is 9.99. The molecule has 0 bridgehead atoms. The molecule has 2 heterocycles. The number of imidazole rings is 1. The zero-order valence-corrected chi connectivity index (χ0v) is 9.99. The van der Waals surface area contributed by atoms with Crippen molar-refractivity contribution >= 4 is 5.91 Å². The predicted molar refractivity (Wildman–Crippen MR) is 63.2 cm³/mol. The van der Waals surface area contributed by atoms with E-state index in [-0.39, 0.29) is 11.9 Å². The normalized spacial score (nSPS) is 31.5. The Hall–Kier alpha value is -1.36. The average molecular weight is 234 g/mol. The maximum atomic E-state index is 12.0. The Morgan fingerprint density at radius 1 is 1.53 bits per heavy atom. The Bertz CT molecular complexity index is 422. The van der Waals surface area contributed by atoms with Gasteiger partial charge in [0.2, 0.25) is 5.91 Å². The lowest BCUT2D eigenvalue weighted by Gasteiger charge is -2.34. The monoisotopic (exact) mass is 234 g/mol. The first-order valence-electron chi connectivity index (χ1n) is 6.27. The molecule has 1 amide bonds. The van der Waals surface area contributed by atoms with Gasteiger partial charge in [-0.25, -0.2) is 4.98 Å². The van der Waals surface area contributed by atoms with E-state index in [2.05, 4.69) is 27.5 Å². The number of carbonyl (C=O) groups is 1. The molecule has 17 heavy (non-hydrogen) atoms. The van der Waals surface area contributed by atoms with Crippen LogP contribution in [0.3, 0.4) is 0 Å². The molecule has 1 aliphatic carbocycles. The molecular formula is C12H18N4O. The summed E-state index contributed by atoms with van der Waals surface area (Å²) in [5.74, 6) is 0.883. The van der Waals surface area contributed by atoms with Crippen molar-refractivity contribution < 1.29 is 4.79 Å². The van der Waals surface area contributed by atoms with E-state index >= 15 is 0 Å². The Balaban J connectivity index is 1.57. The number of hydrogen-bond acceptors (Lipinski definition) is 3. The summed E-state index contributed by atoms with van der Waals surface area (Å²) in [5, 5.41) is 6.34. The summed E-state index contributed by atoms with van der Waals surface area (Å²) in [7, 11) is 0. The molecule has 1 saturated carbocycles. The molecule has 0 saturated heterocycles. The van der Waals surface area contributed by atoms with E-state index in [9.17, 15) is 4.79 Å². The number of rotatable bonds is 2. The summed E-state index contributed by atoms with van der Waals surface area (Å²) in [5.41, 5.74) is 2.12. The number of amides is 1. The smallest absolute Gasteiger partial charge is 0.237 e. The van der Waals surface area contributed by atoms with E-state index in [1.807, 2.05) is 0 Å². The van der Waals surface area contributed by atoms with Gasteiger partial charge >= 0.3 is 0 Å². The molecule has 1 aromatic rings. The fourth-order valence-corrected chi connectivity index (χ4v) is 2.68. The van der Waals surface area contributed by atoms with Gasteiger partial charge in [-0.2, -0.15) is 0 Å². The van der Waals surface area contributed by atoms with Gasteiger partial charge in [-0.05, 0) is 18.8 Å². The minimum Gasteiger partial charge on any atom is -0.352 e. The van der Waals surface area contributed by atoms with Crippen molar-refractivity contribution in [3.8, 4) is 0 Å². The van der Waals surface area contributed by atoms with Crippen molar-refractivity contribution in [1.82, 2.24) is 20.6 Å². The van der Waals surface area contributed by atoms with Crippen molar-refractivity contribution in [2.24, 2.45) is 5.92 Å². The molecule has 0 spiro atoms. The molecule has 5 nitrogen and oxygen atoms in total. The lowest BCUT2D eigenvalue weighted by Crippen LogP contribution is -2.53. The largest absolute Gasteiger partial charge is 0.352 e. The second-order valence-corrected chi connectivity index (χ2v) is 5.25. The van der Waals surface area contributed by atoms with Crippen LogP contribution in [0.2, 0.25) is 0 Å². The first-order valence-corrected chi connectivity index (χ1v) is 6.27. The molecule has 92 valence electrons. The minimum atomic E-state index is -0.123. The van der Waals surface area contributed by atoms with Gasteiger partial charge in [0.15, 0.2) is 0 Å². The van der Waals surface area contributed by atoms with Crippen LogP contribution in [-0.2, 0) is 17.8 Å². The highest BCUT2D eigenvalue weighted by Crippen LogP contribution is 2.26. The standard InChI is InChI=1S/C12H18N4O/c1-7-2-8(3-7)16-12(17)10-4-9-11(5-13-10)15-6-14-9/h6-8,10,13H,2-5H2,1H3,(H,14,15)(H,16,17). The van der Waals surface area contributed by atoms with E-state index in [1.54, 1.807) is 6.33 Å². The highest BCUT2D eigenvalue weighted by atomic mass is 16.2. The van der Waals surface area contributed by atoms with Gasteiger partial charge in [0.1, 0.15) is 0 Å². The number of nitrogens with zero attached hydrogens (tertiary/aromatic N) is 1. The predicted octanol–water partition coefficient (Wildman–Crippen LogP) is 0.339. The maximum Gasteiger partial charge on any atom is 0.237 e. The Morgan fingerprint density at radius 2 is 2.35 bits per heavy atom. The molecule has 3 N–H and O–H groups in total. The van der Waals surface area contributed by atoms with Gasteiger partial charge in [-0.1, -0.05) is 6.92 Å². The molecular weight excluding hydrogens is 216 g/mol. The van der Waals surface area contributed by atoms with Crippen molar-refractivity contribution in [2.45, 2.75) is 44.8 Å². The second kappa shape index (κ2) is 4.14. The average Bonchev–Trinajstić information content (AvgIpc) is 2.73. The molecule has 0 radical (unpaired) electrons. The molecule has 1 unspecified atom stereocenters. The van der Waals surface area contributed by atoms with Crippen LogP contribution in [0.25, 0.3) is 0 Å². The first-order chi connectivity index (χ1) is 8.22. The number of nitrogens with one attached hydrogen (secondary N) is 3. The number of aromatic amines is 1. The molecule has 1 fully saturated rings. The molecule has 2 aliphatic rings. The van der Waals surface area contributed by atoms with Crippen molar-refractivity contribution in [3.63, 3.8) is 0 Å². The number of carbonyl (C=O) groups excluding carboxylic acids is 1. The van der Waals surface area contributed by atoms with Crippen molar-refractivity contribution in [2.75, 3.05) is 0 Å². The SMILES string of the molecule is CC1CC(NC(=O)C2Cc3nc[nH]c3CN2)C1. The van der Waals surface area contributed by atoms with Gasteiger partial charge < -0.3 is 10.3 Å². The van der Waals surface area contributed by atoms with Crippen LogP contribution in [0.5, 0.6) is 0 Å². The molecule has 3 rings (SSSR count). The topological polar surface area (TPSA) is 69.8 Å². The maximum absolute atomic E-state index is 12.0. The Morgan fingerprint density at radius 3 is 3.12 bits per heavy atom. The van der Waals surface area contributed by atoms with E-state index < -0.39 is 0 Å². The van der Waals surface area contributed by atoms with Gasteiger partial charge in [-0.3, -0.25) is 10.1 Å². The molecule has 1 aromatic heterocycles. The fourth-order valence-electron chi connectivity index (χ4n) is 2.68. The second-order valence-electron chi connectivity index (χ2n) is 5.25. The van der Waals surface area contributed by atoms with Gasteiger partial charge in [0, 0.05) is 19.0 Å². The number of fused-ring (bicyclic) bond motifs is 1. The van der Waals surface area contributed by atoms with Gasteiger partial charge in [0.05, 0.1) is 23.8 Å². The van der Waals surface area contributed by atoms with Crippen LogP contribution in [0.4, 0.5) is 0 Å². The lowest BCUT2D eigenvalue weighted by atomic mass is 9.81. The zero-order chi connectivity index (χ0) is 11.8. The van der Waals surface area contributed by atoms with E-state index in [0.29, 0.717) is 19.0 Å².